The number of rotatable bonds is 8. The molecule has 0 spiro atoms. The highest BCUT2D eigenvalue weighted by Crippen LogP contribution is 2.51. The number of esters is 2. The van der Waals surface area contributed by atoms with Crippen molar-refractivity contribution in [3.63, 3.8) is 0 Å². The first-order chi connectivity index (χ1) is 16.7. The van der Waals surface area contributed by atoms with Crippen molar-refractivity contribution in [3.05, 3.63) is 66.0 Å². The number of aromatic nitrogens is 1. The summed E-state index contributed by atoms with van der Waals surface area (Å²) < 4.78 is 11.7. The number of ether oxygens (including phenoxy) is 2. The van der Waals surface area contributed by atoms with Gasteiger partial charge in [-0.25, -0.2) is 14.2 Å². The monoisotopic (exact) mass is 625 g/mol. The van der Waals surface area contributed by atoms with Gasteiger partial charge in [0.15, 0.2) is 12.4 Å². The lowest BCUT2D eigenvalue weighted by molar-refractivity contribution is -0.671. The molecule has 4 rings (SSSR count). The molecule has 36 heavy (non-hydrogen) atoms. The Balaban J connectivity index is 0.00000361. The molecule has 1 aromatic heterocycles. The summed E-state index contributed by atoms with van der Waals surface area (Å²) in [6.07, 6.45) is 3.61. The molecule has 1 unspecified atom stereocenters. The molecule has 0 bridgehead atoms. The molecule has 2 fully saturated rings. The first kappa shape index (κ1) is 27.9. The van der Waals surface area contributed by atoms with Gasteiger partial charge in [-0.15, -0.1) is 11.8 Å². The first-order valence-electron chi connectivity index (χ1n) is 11.3. The van der Waals surface area contributed by atoms with Crippen LogP contribution in [0.4, 0.5) is 0 Å². The van der Waals surface area contributed by atoms with Crippen LogP contribution < -0.4 is 33.9 Å². The average Bonchev–Trinajstić information content (AvgIpc) is 3.08. The van der Waals surface area contributed by atoms with Gasteiger partial charge in [-0.05, 0) is 25.5 Å². The number of nitrogens with zero attached hydrogens (tertiary/aromatic N) is 2. The largest absolute Gasteiger partial charge is 1.00 e. The van der Waals surface area contributed by atoms with Crippen molar-refractivity contribution in [2.45, 2.75) is 42.5 Å². The Kier molecular flexibility index (Phi) is 8.98. The van der Waals surface area contributed by atoms with Gasteiger partial charge in [-0.2, -0.15) is 0 Å². The Bertz CT molecular complexity index is 1150. The summed E-state index contributed by atoms with van der Waals surface area (Å²) in [6.45, 7) is 3.52. The van der Waals surface area contributed by atoms with Crippen molar-refractivity contribution in [3.8, 4) is 0 Å². The van der Waals surface area contributed by atoms with Gasteiger partial charge >= 0.3 is 11.9 Å². The molecule has 9 nitrogen and oxygen atoms in total. The van der Waals surface area contributed by atoms with E-state index in [9.17, 15) is 19.2 Å². The Hall–Kier alpha value is -2.67. The molecule has 11 heteroatoms. The van der Waals surface area contributed by atoms with Gasteiger partial charge in [0, 0.05) is 10.8 Å². The van der Waals surface area contributed by atoms with Crippen molar-refractivity contribution in [1.29, 1.82) is 0 Å². The number of β-lactam (4-membered cyclic amide) rings is 1. The molecule has 3 heterocycles. The zero-order valence-corrected chi connectivity index (χ0v) is 23.2. The number of hydrogen-bond acceptors (Lipinski definition) is 7. The predicted octanol–water partition coefficient (Wildman–Crippen LogP) is -2.00. The van der Waals surface area contributed by atoms with Crippen molar-refractivity contribution < 1.29 is 57.2 Å². The molecule has 0 saturated carbocycles. The zero-order valence-electron chi connectivity index (χ0n) is 20.2. The third-order valence-corrected chi connectivity index (χ3v) is 7.50. The maximum absolute atomic E-state index is 12.9. The van der Waals surface area contributed by atoms with Crippen LogP contribution in [0.1, 0.15) is 29.8 Å². The molecule has 0 radical (unpaired) electrons. The van der Waals surface area contributed by atoms with Gasteiger partial charge in [0.1, 0.15) is 43.3 Å². The highest BCUT2D eigenvalue weighted by molar-refractivity contribution is 8.01. The number of fused-ring (bicyclic) bond motifs is 1. The molecule has 0 aliphatic carbocycles. The van der Waals surface area contributed by atoms with E-state index in [4.69, 9.17) is 9.47 Å². The van der Waals surface area contributed by atoms with Gasteiger partial charge in [0.05, 0.1) is 6.42 Å². The summed E-state index contributed by atoms with van der Waals surface area (Å²) in [4.78, 5) is 51.8. The minimum Gasteiger partial charge on any atom is -1.00 e. The summed E-state index contributed by atoms with van der Waals surface area (Å²) in [5.74, 6) is -1.62. The SMILES string of the molecule is C[n+]1cccc(C(=O)OCCOC(=O)C2N3C(=O)[C@@H](NC(=O)Cc4ccccc4)[C@H]3SC2(C)C)c1.[I-]. The van der Waals surface area contributed by atoms with E-state index in [2.05, 4.69) is 5.32 Å². The van der Waals surface area contributed by atoms with Crippen LogP contribution in [-0.4, -0.2) is 64.1 Å². The number of amides is 2. The van der Waals surface area contributed by atoms with Crippen LogP contribution >= 0.6 is 11.8 Å². The fourth-order valence-corrected chi connectivity index (χ4v) is 5.90. The van der Waals surface area contributed by atoms with Gasteiger partial charge in [0.25, 0.3) is 0 Å². The second-order valence-corrected chi connectivity index (χ2v) is 10.8. The van der Waals surface area contributed by atoms with E-state index >= 15 is 0 Å². The van der Waals surface area contributed by atoms with Crippen LogP contribution in [-0.2, 0) is 37.3 Å². The Morgan fingerprint density at radius 1 is 1.08 bits per heavy atom. The van der Waals surface area contributed by atoms with E-state index in [-0.39, 0.29) is 60.8 Å². The standard InChI is InChI=1S/C25H27N3O6S.HI/c1-25(2)20(24(32)34-13-12-33-23(31)17-10-7-11-27(3)15-17)28-21(30)19(22(28)35-25)26-18(29)14-16-8-5-4-6-9-16;/h4-11,15,19-20,22H,12-14H2,1-3H3;1H/t19-,20?,22-;/m1./s1. The minimum atomic E-state index is -0.795. The number of nitrogens with one attached hydrogen (secondary N) is 1. The second-order valence-electron chi connectivity index (χ2n) is 9.03. The van der Waals surface area contributed by atoms with Gasteiger partial charge < -0.3 is 43.7 Å². The molecular formula is C25H28IN3O6S. The van der Waals surface area contributed by atoms with E-state index in [1.807, 2.05) is 44.2 Å². The van der Waals surface area contributed by atoms with E-state index in [0.29, 0.717) is 5.56 Å². The molecule has 2 aromatic rings. The van der Waals surface area contributed by atoms with Gasteiger partial charge in [0.2, 0.25) is 11.8 Å². The summed E-state index contributed by atoms with van der Waals surface area (Å²) in [7, 11) is 1.80. The smallest absolute Gasteiger partial charge is 0.344 e. The fourth-order valence-electron chi connectivity index (χ4n) is 4.28. The van der Waals surface area contributed by atoms with Crippen LogP contribution in [0.2, 0.25) is 0 Å². The number of carbonyl (C=O) groups excluding carboxylic acids is 4. The summed E-state index contributed by atoms with van der Waals surface area (Å²) in [5, 5.41) is 2.46. The molecule has 2 saturated heterocycles. The zero-order chi connectivity index (χ0) is 25.2. The Morgan fingerprint density at radius 2 is 1.78 bits per heavy atom. The molecule has 192 valence electrons. The van der Waals surface area contributed by atoms with E-state index < -0.39 is 28.8 Å². The van der Waals surface area contributed by atoms with Crippen LogP contribution in [0.5, 0.6) is 0 Å². The molecule has 3 atom stereocenters. The summed E-state index contributed by atoms with van der Waals surface area (Å²) in [5.41, 5.74) is 1.25. The van der Waals surface area contributed by atoms with Crippen molar-refractivity contribution >= 4 is 35.5 Å². The number of pyridine rings is 1. The first-order valence-corrected chi connectivity index (χ1v) is 12.2. The summed E-state index contributed by atoms with van der Waals surface area (Å²) in [6, 6.07) is 11.2. The normalized spacial score (nSPS) is 21.5. The van der Waals surface area contributed by atoms with Gasteiger partial charge in [-0.1, -0.05) is 30.3 Å². The van der Waals surface area contributed by atoms with E-state index in [0.717, 1.165) is 5.56 Å². The highest BCUT2D eigenvalue weighted by atomic mass is 127. The lowest BCUT2D eigenvalue weighted by Gasteiger charge is -2.43. The van der Waals surface area contributed by atoms with Crippen LogP contribution in [0.15, 0.2) is 54.9 Å². The summed E-state index contributed by atoms with van der Waals surface area (Å²) >= 11 is 1.46. The number of benzene rings is 1. The molecule has 1 aromatic carbocycles. The maximum Gasteiger partial charge on any atom is 0.344 e. The minimum absolute atomic E-state index is 0. The number of thioether (sulfide) groups is 1. The lowest BCUT2D eigenvalue weighted by atomic mass is 9.96. The molecule has 2 amide bonds. The highest BCUT2D eigenvalue weighted by Gasteiger charge is 2.64. The molecule has 2 aliphatic rings. The molecular weight excluding hydrogens is 597 g/mol. The molecule has 2 aliphatic heterocycles. The Morgan fingerprint density at radius 3 is 2.47 bits per heavy atom. The predicted molar refractivity (Wildman–Crippen MR) is 127 cm³/mol. The maximum atomic E-state index is 12.9. The second kappa shape index (κ2) is 11.6. The third kappa shape index (κ3) is 6.00. The van der Waals surface area contributed by atoms with E-state index in [1.54, 1.807) is 36.1 Å². The van der Waals surface area contributed by atoms with Crippen molar-refractivity contribution in [2.75, 3.05) is 13.2 Å². The Labute approximate surface area is 230 Å². The third-order valence-electron chi connectivity index (χ3n) is 5.92. The van der Waals surface area contributed by atoms with Crippen LogP contribution in [0.25, 0.3) is 0 Å². The quantitative estimate of drug-likeness (QED) is 0.119. The van der Waals surface area contributed by atoms with E-state index in [1.165, 1.54) is 16.7 Å². The average molecular weight is 625 g/mol. The van der Waals surface area contributed by atoms with Crippen LogP contribution in [0.3, 0.4) is 0 Å². The van der Waals surface area contributed by atoms with Gasteiger partial charge in [-0.3, -0.25) is 9.59 Å². The van der Waals surface area contributed by atoms with Crippen LogP contribution in [0, 0.1) is 0 Å². The topological polar surface area (TPSA) is 106 Å². The molecule has 1 N–H and O–H groups in total. The lowest BCUT2D eigenvalue weighted by Crippen LogP contribution is -3.00. The number of aryl methyl sites for hydroxylation is 1. The number of hydrogen-bond donors (Lipinski definition) is 1. The van der Waals surface area contributed by atoms with Crippen molar-refractivity contribution in [2.24, 2.45) is 7.05 Å². The number of halogens is 1. The van der Waals surface area contributed by atoms with Crippen molar-refractivity contribution in [1.82, 2.24) is 10.2 Å². The fraction of sp³-hybridized carbons (Fsp3) is 0.400. The number of carbonyl (C=O) groups is 4.